The van der Waals surface area contributed by atoms with Crippen LogP contribution in [0.25, 0.3) is 11.0 Å². The fourth-order valence-electron chi connectivity index (χ4n) is 3.66. The van der Waals surface area contributed by atoms with Crippen molar-refractivity contribution < 1.29 is 9.15 Å². The summed E-state index contributed by atoms with van der Waals surface area (Å²) < 4.78 is 11.5. The number of ether oxygens (including phenoxy) is 1. The van der Waals surface area contributed by atoms with Crippen molar-refractivity contribution in [1.29, 1.82) is 0 Å². The molecule has 0 radical (unpaired) electrons. The third kappa shape index (κ3) is 2.44. The van der Waals surface area contributed by atoms with Crippen LogP contribution >= 0.6 is 0 Å². The minimum Gasteiger partial charge on any atom is -0.485 e. The highest BCUT2D eigenvalue weighted by atomic mass is 16.5. The van der Waals surface area contributed by atoms with E-state index < -0.39 is 0 Å². The molecular weight excluding hydrogens is 318 g/mol. The molecule has 1 fully saturated rings. The number of hydrogen-bond acceptors (Lipinski definition) is 5. The molecule has 0 spiro atoms. The van der Waals surface area contributed by atoms with Crippen LogP contribution in [0.3, 0.4) is 0 Å². The first-order chi connectivity index (χ1) is 12.2. The van der Waals surface area contributed by atoms with Crippen molar-refractivity contribution in [1.82, 2.24) is 15.2 Å². The number of fused-ring (bicyclic) bond motifs is 3. The Balaban J connectivity index is 1.46. The molecule has 2 aliphatic rings. The summed E-state index contributed by atoms with van der Waals surface area (Å²) in [6.45, 7) is 2.25. The number of nitrogens with one attached hydrogen (secondary N) is 1. The number of H-pyrrole nitrogens is 1. The number of benzene rings is 1. The third-order valence-electron chi connectivity index (χ3n) is 5.20. The summed E-state index contributed by atoms with van der Waals surface area (Å²) in [4.78, 5) is 16.7. The minimum absolute atomic E-state index is 0.204. The molecule has 2 aliphatic carbocycles. The van der Waals surface area contributed by atoms with Crippen LogP contribution in [0.5, 0.6) is 5.75 Å². The van der Waals surface area contributed by atoms with Gasteiger partial charge in [-0.3, -0.25) is 5.10 Å². The van der Waals surface area contributed by atoms with Crippen molar-refractivity contribution in [3.63, 3.8) is 0 Å². The van der Waals surface area contributed by atoms with Crippen LogP contribution in [-0.2, 0) is 19.4 Å². The Hall–Kier alpha value is -2.63. The normalized spacial score (nSPS) is 16.4. The molecule has 0 amide bonds. The largest absolute Gasteiger partial charge is 0.485 e. The molecule has 2 aromatic heterocycles. The standard InChI is InChI=1S/C19H19N3O3/c1-10-15(24-9-16-20-18(22-21-16)11-5-6-11)8-7-13-12-3-2-4-14(12)19(23)25-17(10)13/h7-8,11H,2-6,9H2,1H3,(H,20,21,22). The molecule has 1 N–H and O–H groups in total. The van der Waals surface area contributed by atoms with E-state index in [1.54, 1.807) is 0 Å². The second kappa shape index (κ2) is 5.44. The van der Waals surface area contributed by atoms with E-state index in [0.29, 0.717) is 23.9 Å². The summed E-state index contributed by atoms with van der Waals surface area (Å²) in [7, 11) is 0. The highest BCUT2D eigenvalue weighted by molar-refractivity contribution is 5.86. The van der Waals surface area contributed by atoms with Gasteiger partial charge in [-0.05, 0) is 56.7 Å². The molecule has 5 rings (SSSR count). The Morgan fingerprint density at radius 3 is 2.96 bits per heavy atom. The zero-order valence-electron chi connectivity index (χ0n) is 14.1. The Bertz CT molecular complexity index is 1030. The summed E-state index contributed by atoms with van der Waals surface area (Å²) in [6, 6.07) is 3.95. The van der Waals surface area contributed by atoms with Crippen LogP contribution in [-0.4, -0.2) is 15.2 Å². The van der Waals surface area contributed by atoms with E-state index in [1.165, 1.54) is 12.8 Å². The van der Waals surface area contributed by atoms with Crippen molar-refractivity contribution >= 4 is 11.0 Å². The second-order valence-electron chi connectivity index (χ2n) is 6.97. The lowest BCUT2D eigenvalue weighted by atomic mass is 10.0. The molecular formula is C19H19N3O3. The Morgan fingerprint density at radius 1 is 1.28 bits per heavy atom. The number of nitrogens with zero attached hydrogens (tertiary/aromatic N) is 2. The van der Waals surface area contributed by atoms with E-state index in [1.807, 2.05) is 19.1 Å². The molecule has 0 atom stereocenters. The first-order valence-corrected chi connectivity index (χ1v) is 8.83. The van der Waals surface area contributed by atoms with Crippen molar-refractivity contribution in [2.45, 2.75) is 51.6 Å². The summed E-state index contributed by atoms with van der Waals surface area (Å²) in [5.74, 6) is 2.83. The van der Waals surface area contributed by atoms with Gasteiger partial charge in [-0.25, -0.2) is 9.78 Å². The highest BCUT2D eigenvalue weighted by Gasteiger charge is 2.27. The number of hydrogen-bond donors (Lipinski definition) is 1. The molecule has 1 saturated carbocycles. The predicted octanol–water partition coefficient (Wildman–Crippen LogP) is 3.16. The SMILES string of the molecule is Cc1c(OCc2nc(C3CC3)n[nH]2)ccc2c3c(c(=O)oc12)CCC3. The summed E-state index contributed by atoms with van der Waals surface area (Å²) in [5, 5.41) is 8.21. The lowest BCUT2D eigenvalue weighted by molar-refractivity contribution is 0.294. The van der Waals surface area contributed by atoms with Crippen molar-refractivity contribution in [2.75, 3.05) is 0 Å². The van der Waals surface area contributed by atoms with Gasteiger partial charge in [0.25, 0.3) is 0 Å². The smallest absolute Gasteiger partial charge is 0.339 e. The van der Waals surface area contributed by atoms with E-state index >= 15 is 0 Å². The van der Waals surface area contributed by atoms with E-state index in [-0.39, 0.29) is 5.63 Å². The van der Waals surface area contributed by atoms with Gasteiger partial charge < -0.3 is 9.15 Å². The Morgan fingerprint density at radius 2 is 2.12 bits per heavy atom. The lowest BCUT2D eigenvalue weighted by Crippen LogP contribution is -2.08. The maximum absolute atomic E-state index is 12.2. The van der Waals surface area contributed by atoms with Gasteiger partial charge >= 0.3 is 5.63 Å². The average molecular weight is 337 g/mol. The van der Waals surface area contributed by atoms with Crippen LogP contribution in [0.2, 0.25) is 0 Å². The van der Waals surface area contributed by atoms with Gasteiger partial charge in [-0.2, -0.15) is 5.10 Å². The number of aromatic nitrogens is 3. The monoisotopic (exact) mass is 337 g/mol. The first kappa shape index (κ1) is 14.7. The van der Waals surface area contributed by atoms with Crippen molar-refractivity contribution in [3.8, 4) is 5.75 Å². The van der Waals surface area contributed by atoms with Gasteiger partial charge in [0.2, 0.25) is 0 Å². The molecule has 0 bridgehead atoms. The van der Waals surface area contributed by atoms with Crippen LogP contribution in [0.15, 0.2) is 21.3 Å². The van der Waals surface area contributed by atoms with Gasteiger partial charge in [0, 0.05) is 22.4 Å². The van der Waals surface area contributed by atoms with Crippen LogP contribution in [0.4, 0.5) is 0 Å². The molecule has 3 aromatic rings. The third-order valence-corrected chi connectivity index (χ3v) is 5.20. The lowest BCUT2D eigenvalue weighted by Gasteiger charge is -2.11. The molecule has 1 aromatic carbocycles. The zero-order chi connectivity index (χ0) is 17.0. The van der Waals surface area contributed by atoms with Gasteiger partial charge in [-0.15, -0.1) is 0 Å². The van der Waals surface area contributed by atoms with Gasteiger partial charge in [-0.1, -0.05) is 0 Å². The molecule has 128 valence electrons. The molecule has 25 heavy (non-hydrogen) atoms. The Kier molecular flexibility index (Phi) is 3.20. The topological polar surface area (TPSA) is 81.0 Å². The van der Waals surface area contributed by atoms with Gasteiger partial charge in [0.05, 0.1) is 0 Å². The number of aromatic amines is 1. The van der Waals surface area contributed by atoms with Gasteiger partial charge in [0.1, 0.15) is 17.9 Å². The maximum atomic E-state index is 12.2. The van der Waals surface area contributed by atoms with E-state index in [4.69, 9.17) is 9.15 Å². The molecule has 0 saturated heterocycles. The molecule has 6 nitrogen and oxygen atoms in total. The molecule has 2 heterocycles. The van der Waals surface area contributed by atoms with Crippen LogP contribution in [0, 0.1) is 6.92 Å². The zero-order valence-corrected chi connectivity index (χ0v) is 14.1. The maximum Gasteiger partial charge on any atom is 0.339 e. The quantitative estimate of drug-likeness (QED) is 0.740. The second-order valence-corrected chi connectivity index (χ2v) is 6.97. The van der Waals surface area contributed by atoms with E-state index in [2.05, 4.69) is 15.2 Å². The fourth-order valence-corrected chi connectivity index (χ4v) is 3.66. The van der Waals surface area contributed by atoms with Gasteiger partial charge in [0.15, 0.2) is 11.6 Å². The Labute approximate surface area is 144 Å². The first-order valence-electron chi connectivity index (χ1n) is 8.83. The molecule has 6 heteroatoms. The van der Waals surface area contributed by atoms with E-state index in [0.717, 1.165) is 53.0 Å². The van der Waals surface area contributed by atoms with Crippen LogP contribution in [0.1, 0.15) is 53.5 Å². The summed E-state index contributed by atoms with van der Waals surface area (Å²) in [6.07, 6.45) is 5.13. The average Bonchev–Trinajstić information content (AvgIpc) is 3.15. The highest BCUT2D eigenvalue weighted by Crippen LogP contribution is 2.38. The van der Waals surface area contributed by atoms with Crippen molar-refractivity contribution in [3.05, 3.63) is 50.9 Å². The van der Waals surface area contributed by atoms with Crippen LogP contribution < -0.4 is 10.4 Å². The van der Waals surface area contributed by atoms with Crippen molar-refractivity contribution in [2.24, 2.45) is 0 Å². The molecule has 0 unspecified atom stereocenters. The minimum atomic E-state index is -0.204. The predicted molar refractivity (Wildman–Crippen MR) is 91.9 cm³/mol. The fraction of sp³-hybridized carbons (Fsp3) is 0.421. The number of aryl methyl sites for hydroxylation is 2. The van der Waals surface area contributed by atoms with E-state index in [9.17, 15) is 4.79 Å². The summed E-state index contributed by atoms with van der Waals surface area (Å²) in [5.41, 5.74) is 3.27. The summed E-state index contributed by atoms with van der Waals surface area (Å²) >= 11 is 0. The molecule has 0 aliphatic heterocycles. The number of rotatable bonds is 4.